The molecule has 0 spiro atoms. The van der Waals surface area contributed by atoms with Crippen molar-refractivity contribution in [1.82, 2.24) is 15.0 Å². The largest absolute Gasteiger partial charge is 0.364 e. The highest BCUT2D eigenvalue weighted by molar-refractivity contribution is 7.09. The van der Waals surface area contributed by atoms with Gasteiger partial charge in [0.25, 0.3) is 0 Å². The molecule has 6 heteroatoms. The molecular formula is C9H9ClN4S. The summed E-state index contributed by atoms with van der Waals surface area (Å²) in [5.74, 6) is 0.709. The molecule has 2 aromatic heterocycles. The zero-order valence-electron chi connectivity index (χ0n) is 8.07. The highest BCUT2D eigenvalue weighted by Gasteiger charge is 1.99. The smallest absolute Gasteiger partial charge is 0.224 e. The van der Waals surface area contributed by atoms with Crippen molar-refractivity contribution in [1.29, 1.82) is 0 Å². The molecule has 0 aromatic carbocycles. The summed E-state index contributed by atoms with van der Waals surface area (Å²) in [5, 5.41) is 6.45. The quantitative estimate of drug-likeness (QED) is 0.838. The number of nitrogens with one attached hydrogen (secondary N) is 1. The molecule has 0 aliphatic heterocycles. The van der Waals surface area contributed by atoms with Crippen molar-refractivity contribution in [2.24, 2.45) is 0 Å². The fourth-order valence-corrected chi connectivity index (χ4v) is 1.86. The second-order valence-electron chi connectivity index (χ2n) is 2.92. The summed E-state index contributed by atoms with van der Waals surface area (Å²) in [5.41, 5.74) is 1.01. The van der Waals surface area contributed by atoms with Crippen LogP contribution >= 0.6 is 22.9 Å². The lowest BCUT2D eigenvalue weighted by atomic mass is 10.4. The van der Waals surface area contributed by atoms with Crippen LogP contribution in [0.25, 0.3) is 0 Å². The van der Waals surface area contributed by atoms with Gasteiger partial charge in [0, 0.05) is 11.6 Å². The Kier molecular flexibility index (Phi) is 3.13. The van der Waals surface area contributed by atoms with Crippen LogP contribution in [0.2, 0.25) is 5.28 Å². The van der Waals surface area contributed by atoms with Crippen molar-refractivity contribution >= 4 is 28.8 Å². The van der Waals surface area contributed by atoms with Crippen LogP contribution in [0.5, 0.6) is 0 Å². The molecule has 0 bridgehead atoms. The number of aromatic nitrogens is 3. The van der Waals surface area contributed by atoms with E-state index in [0.717, 1.165) is 10.7 Å². The summed E-state index contributed by atoms with van der Waals surface area (Å²) in [6.07, 6.45) is 1.62. The lowest BCUT2D eigenvalue weighted by Crippen LogP contribution is -2.02. The van der Waals surface area contributed by atoms with Gasteiger partial charge in [-0.05, 0) is 24.6 Å². The number of thiazole rings is 1. The van der Waals surface area contributed by atoms with Crippen LogP contribution < -0.4 is 5.32 Å². The van der Waals surface area contributed by atoms with Crippen molar-refractivity contribution in [2.75, 3.05) is 5.32 Å². The number of nitrogens with zero attached hydrogens (tertiary/aromatic N) is 3. The molecule has 2 heterocycles. The molecule has 0 radical (unpaired) electrons. The van der Waals surface area contributed by atoms with Crippen LogP contribution in [0.15, 0.2) is 17.6 Å². The number of aryl methyl sites for hydroxylation is 1. The molecule has 1 N–H and O–H groups in total. The predicted octanol–water partition coefficient (Wildman–Crippen LogP) is 2.51. The maximum atomic E-state index is 5.65. The molecule has 78 valence electrons. The number of anilines is 1. The lowest BCUT2D eigenvalue weighted by molar-refractivity contribution is 1.03. The van der Waals surface area contributed by atoms with Crippen molar-refractivity contribution in [3.05, 3.63) is 33.6 Å². The average molecular weight is 241 g/mol. The molecule has 0 aliphatic carbocycles. The maximum Gasteiger partial charge on any atom is 0.224 e. The molecule has 4 nitrogen and oxygen atoms in total. The first-order valence-corrected chi connectivity index (χ1v) is 5.63. The number of hydrogen-bond donors (Lipinski definition) is 1. The van der Waals surface area contributed by atoms with E-state index in [2.05, 4.69) is 20.3 Å². The molecule has 0 unspecified atom stereocenters. The minimum absolute atomic E-state index is 0.245. The molecule has 2 rings (SSSR count). The van der Waals surface area contributed by atoms with Crippen LogP contribution in [0.4, 0.5) is 5.82 Å². The van der Waals surface area contributed by atoms with Gasteiger partial charge in [-0.25, -0.2) is 15.0 Å². The van der Waals surface area contributed by atoms with E-state index in [-0.39, 0.29) is 5.28 Å². The third kappa shape index (κ3) is 2.87. The monoisotopic (exact) mass is 240 g/mol. The van der Waals surface area contributed by atoms with Crippen LogP contribution in [0.1, 0.15) is 10.7 Å². The summed E-state index contributed by atoms with van der Waals surface area (Å²) in [4.78, 5) is 12.1. The molecular weight excluding hydrogens is 232 g/mol. The highest BCUT2D eigenvalue weighted by Crippen LogP contribution is 2.11. The summed E-state index contributed by atoms with van der Waals surface area (Å²) in [6, 6.07) is 1.77. The van der Waals surface area contributed by atoms with Crippen LogP contribution in [0.3, 0.4) is 0 Å². The van der Waals surface area contributed by atoms with Gasteiger partial charge < -0.3 is 5.32 Å². The van der Waals surface area contributed by atoms with Crippen molar-refractivity contribution < 1.29 is 0 Å². The van der Waals surface area contributed by atoms with Crippen LogP contribution in [0, 0.1) is 6.92 Å². The van der Waals surface area contributed by atoms with Gasteiger partial charge in [-0.1, -0.05) is 0 Å². The van der Waals surface area contributed by atoms with E-state index in [0.29, 0.717) is 12.4 Å². The Morgan fingerprint density at radius 3 is 3.00 bits per heavy atom. The first-order chi connectivity index (χ1) is 7.24. The molecule has 0 fully saturated rings. The molecule has 0 atom stereocenters. The predicted molar refractivity (Wildman–Crippen MR) is 61.2 cm³/mol. The van der Waals surface area contributed by atoms with Gasteiger partial charge in [0.05, 0.1) is 17.2 Å². The normalized spacial score (nSPS) is 10.3. The Labute approximate surface area is 96.4 Å². The van der Waals surface area contributed by atoms with Crippen LogP contribution in [-0.2, 0) is 6.54 Å². The van der Waals surface area contributed by atoms with E-state index in [1.54, 1.807) is 23.6 Å². The summed E-state index contributed by atoms with van der Waals surface area (Å²) < 4.78 is 0. The molecule has 0 saturated carbocycles. The van der Waals surface area contributed by atoms with Gasteiger partial charge in [-0.3, -0.25) is 0 Å². The standard InChI is InChI=1S/C9H9ClN4S/c1-6-13-7(5-15-6)4-12-8-2-3-11-9(10)14-8/h2-3,5H,4H2,1H3,(H,11,12,14). The van der Waals surface area contributed by atoms with Gasteiger partial charge in [0.1, 0.15) is 5.82 Å². The molecule has 0 saturated heterocycles. The first kappa shape index (κ1) is 10.3. The summed E-state index contributed by atoms with van der Waals surface area (Å²) in [6.45, 7) is 2.63. The van der Waals surface area contributed by atoms with E-state index in [9.17, 15) is 0 Å². The van der Waals surface area contributed by atoms with Gasteiger partial charge >= 0.3 is 0 Å². The second kappa shape index (κ2) is 4.55. The second-order valence-corrected chi connectivity index (χ2v) is 4.32. The molecule has 0 amide bonds. The Morgan fingerprint density at radius 2 is 2.33 bits per heavy atom. The molecule has 2 aromatic rings. The number of rotatable bonds is 3. The third-order valence-corrected chi connectivity index (χ3v) is 2.75. The average Bonchev–Trinajstić information content (AvgIpc) is 2.62. The van der Waals surface area contributed by atoms with Gasteiger partial charge in [0.15, 0.2) is 0 Å². The van der Waals surface area contributed by atoms with Gasteiger partial charge in [-0.2, -0.15) is 0 Å². The lowest BCUT2D eigenvalue weighted by Gasteiger charge is -2.02. The Morgan fingerprint density at radius 1 is 1.47 bits per heavy atom. The number of hydrogen-bond acceptors (Lipinski definition) is 5. The van der Waals surface area contributed by atoms with E-state index >= 15 is 0 Å². The fraction of sp³-hybridized carbons (Fsp3) is 0.222. The number of halogens is 1. The zero-order valence-corrected chi connectivity index (χ0v) is 9.64. The molecule has 15 heavy (non-hydrogen) atoms. The SMILES string of the molecule is Cc1nc(CNc2ccnc(Cl)n2)cs1. The third-order valence-electron chi connectivity index (χ3n) is 1.74. The van der Waals surface area contributed by atoms with Crippen molar-refractivity contribution in [3.63, 3.8) is 0 Å². The Bertz CT molecular complexity index is 457. The topological polar surface area (TPSA) is 50.7 Å². The molecule has 0 aliphatic rings. The summed E-state index contributed by atoms with van der Waals surface area (Å²) >= 11 is 7.29. The summed E-state index contributed by atoms with van der Waals surface area (Å²) in [7, 11) is 0. The van der Waals surface area contributed by atoms with E-state index in [4.69, 9.17) is 11.6 Å². The minimum Gasteiger partial charge on any atom is -0.364 e. The minimum atomic E-state index is 0.245. The van der Waals surface area contributed by atoms with Gasteiger partial charge in [-0.15, -0.1) is 11.3 Å². The zero-order chi connectivity index (χ0) is 10.7. The van der Waals surface area contributed by atoms with Gasteiger partial charge in [0.2, 0.25) is 5.28 Å². The fourth-order valence-electron chi connectivity index (χ4n) is 1.10. The Hall–Kier alpha value is -1.20. The highest BCUT2D eigenvalue weighted by atomic mass is 35.5. The van der Waals surface area contributed by atoms with E-state index in [1.165, 1.54) is 0 Å². The van der Waals surface area contributed by atoms with Crippen LogP contribution in [-0.4, -0.2) is 15.0 Å². The first-order valence-electron chi connectivity index (χ1n) is 4.37. The Balaban J connectivity index is 1.99. The van der Waals surface area contributed by atoms with Crippen molar-refractivity contribution in [3.8, 4) is 0 Å². The van der Waals surface area contributed by atoms with E-state index in [1.807, 2.05) is 12.3 Å². The van der Waals surface area contributed by atoms with Crippen molar-refractivity contribution in [2.45, 2.75) is 13.5 Å². The van der Waals surface area contributed by atoms with E-state index < -0.39 is 0 Å². The maximum absolute atomic E-state index is 5.65.